The number of likely N-dealkylation sites (tertiary alicyclic amines) is 1. The zero-order valence-electron chi connectivity index (χ0n) is 26.4. The number of nitrogens with zero attached hydrogens (tertiary/aromatic N) is 2. The summed E-state index contributed by atoms with van der Waals surface area (Å²) in [4.78, 5) is 50.1. The molecule has 5 unspecified atom stereocenters. The molecule has 6 rings (SSSR count). The van der Waals surface area contributed by atoms with Gasteiger partial charge in [-0.25, -0.2) is 4.79 Å². The van der Waals surface area contributed by atoms with E-state index >= 15 is 0 Å². The number of hydrogen-bond donors (Lipinski definition) is 3. The number of primary amides is 1. The molecule has 2 aliphatic heterocycles. The molecular formula is C33H42ClN5O7. The minimum absolute atomic E-state index is 0. The lowest BCUT2D eigenvalue weighted by atomic mass is 9.51. The molecule has 13 heteroatoms. The van der Waals surface area contributed by atoms with E-state index in [1.165, 1.54) is 16.0 Å². The topological polar surface area (TPSA) is 163 Å². The number of hydrogen-bond acceptors (Lipinski definition) is 8. The molecule has 12 nitrogen and oxygen atoms in total. The van der Waals surface area contributed by atoms with Crippen molar-refractivity contribution >= 4 is 23.7 Å². The number of benzene rings is 2. The Labute approximate surface area is 274 Å². The average Bonchev–Trinajstić information content (AvgIpc) is 3.36. The van der Waals surface area contributed by atoms with Crippen LogP contribution in [0, 0.1) is 5.92 Å². The third-order valence-electron chi connectivity index (χ3n) is 10.5. The van der Waals surface area contributed by atoms with Crippen LogP contribution in [0.4, 0.5) is 4.79 Å². The van der Waals surface area contributed by atoms with Crippen molar-refractivity contribution in [1.82, 2.24) is 10.2 Å². The van der Waals surface area contributed by atoms with Crippen LogP contribution in [-0.4, -0.2) is 92.1 Å². The predicted octanol–water partition coefficient (Wildman–Crippen LogP) is -1.60. The monoisotopic (exact) mass is 655 g/mol. The number of amides is 3. The third kappa shape index (κ3) is 5.67. The van der Waals surface area contributed by atoms with Gasteiger partial charge in [0.2, 0.25) is 11.8 Å². The fourth-order valence-corrected chi connectivity index (χ4v) is 8.28. The number of ether oxygens (including phenoxy) is 3. The number of piperidine rings is 1. The second-order valence-corrected chi connectivity index (χ2v) is 13.2. The summed E-state index contributed by atoms with van der Waals surface area (Å²) in [5.74, 6) is 1.30. The molecule has 5 N–H and O–H groups in total. The highest BCUT2D eigenvalue weighted by Crippen LogP contribution is 2.64. The van der Waals surface area contributed by atoms with Crippen molar-refractivity contribution in [3.05, 3.63) is 53.1 Å². The molecule has 248 valence electrons. The van der Waals surface area contributed by atoms with Crippen molar-refractivity contribution in [2.24, 2.45) is 17.4 Å². The zero-order valence-corrected chi connectivity index (χ0v) is 27.2. The van der Waals surface area contributed by atoms with Crippen LogP contribution >= 0.6 is 0 Å². The standard InChI is InChI=1S/C33H41N5O7.ClH/c1-37(14-13-36-31(41)23(34)17-27(35)40)32(42)44-21-7-4-19(5-8-21)18-38(2)15-12-33-22-9-10-25(39)30(33)45-29-26(43-3)11-6-20(28(29)33)16-24(22)38;/h4-8,11,22-24,30H,9-10,12-18,34H2,1-3H3,(H2-,35,36,40,41);1H/t22?,23-,24?,30?,33?,38?;/m0./s1. The van der Waals surface area contributed by atoms with E-state index in [9.17, 15) is 19.2 Å². The highest BCUT2D eigenvalue weighted by atomic mass is 35.5. The Bertz CT molecular complexity index is 1540. The summed E-state index contributed by atoms with van der Waals surface area (Å²) in [7, 11) is 5.55. The maximum Gasteiger partial charge on any atom is 0.415 e. The molecule has 4 aliphatic rings. The number of ketones is 1. The van der Waals surface area contributed by atoms with Gasteiger partial charge in [-0.1, -0.05) is 6.07 Å². The summed E-state index contributed by atoms with van der Waals surface area (Å²) < 4.78 is 18.5. The van der Waals surface area contributed by atoms with Crippen LogP contribution < -0.4 is 43.4 Å². The van der Waals surface area contributed by atoms with E-state index in [-0.39, 0.29) is 43.1 Å². The Balaban J connectivity index is 0.00000417. The Morgan fingerprint density at radius 2 is 1.93 bits per heavy atom. The Hall–Kier alpha value is -3.87. The summed E-state index contributed by atoms with van der Waals surface area (Å²) in [5.41, 5.74) is 14.1. The fraction of sp³-hybridized carbons (Fsp3) is 0.515. The minimum atomic E-state index is -1.03. The Morgan fingerprint density at radius 3 is 2.63 bits per heavy atom. The number of nitrogens with two attached hydrogens (primary N) is 2. The van der Waals surface area contributed by atoms with E-state index in [2.05, 4.69) is 18.4 Å². The maximum absolute atomic E-state index is 13.2. The molecule has 1 spiro atoms. The molecule has 2 heterocycles. The average molecular weight is 656 g/mol. The molecule has 3 amide bonds. The number of carbonyl (C=O) groups excluding carboxylic acids is 4. The fourth-order valence-electron chi connectivity index (χ4n) is 8.28. The van der Waals surface area contributed by atoms with Gasteiger partial charge in [0.1, 0.15) is 12.3 Å². The second-order valence-electron chi connectivity index (χ2n) is 13.2. The highest BCUT2D eigenvalue weighted by molar-refractivity contribution is 5.89. The van der Waals surface area contributed by atoms with Gasteiger partial charge in [-0.05, 0) is 42.3 Å². The van der Waals surface area contributed by atoms with Crippen LogP contribution in [0.3, 0.4) is 0 Å². The second kappa shape index (κ2) is 12.7. The smallest absolute Gasteiger partial charge is 0.415 e. The van der Waals surface area contributed by atoms with Gasteiger partial charge in [0.15, 0.2) is 23.4 Å². The summed E-state index contributed by atoms with van der Waals surface area (Å²) in [6, 6.07) is 11.1. The molecule has 2 aliphatic carbocycles. The molecule has 2 aromatic rings. The number of nitrogens with one attached hydrogen (secondary N) is 1. The quantitative estimate of drug-likeness (QED) is 0.258. The number of likely N-dealkylation sites (N-methyl/N-ethyl adjacent to an activating group) is 2. The van der Waals surface area contributed by atoms with E-state index < -0.39 is 30.1 Å². The van der Waals surface area contributed by atoms with Crippen molar-refractivity contribution < 1.29 is 50.3 Å². The van der Waals surface area contributed by atoms with E-state index in [1.807, 2.05) is 18.2 Å². The molecule has 0 radical (unpaired) electrons. The van der Waals surface area contributed by atoms with E-state index in [0.717, 1.165) is 48.1 Å². The molecule has 0 aromatic heterocycles. The van der Waals surface area contributed by atoms with E-state index in [1.54, 1.807) is 26.3 Å². The number of Topliss-reactive ketones (excluding diaryl/α,β-unsaturated/α-hetero) is 1. The zero-order chi connectivity index (χ0) is 32.1. The largest absolute Gasteiger partial charge is 1.00 e. The first kappa shape index (κ1) is 33.5. The molecule has 6 atom stereocenters. The van der Waals surface area contributed by atoms with Gasteiger partial charge in [0, 0.05) is 56.4 Å². The first-order valence-corrected chi connectivity index (χ1v) is 15.5. The van der Waals surface area contributed by atoms with Crippen molar-refractivity contribution in [3.8, 4) is 17.2 Å². The lowest BCUT2D eigenvalue weighted by Crippen LogP contribution is -3.00. The van der Waals surface area contributed by atoms with Gasteiger partial charge < -0.3 is 52.8 Å². The van der Waals surface area contributed by atoms with E-state index in [0.29, 0.717) is 29.9 Å². The summed E-state index contributed by atoms with van der Waals surface area (Å²) in [6.07, 6.45) is 1.99. The van der Waals surface area contributed by atoms with Crippen LogP contribution in [-0.2, 0) is 32.8 Å². The molecule has 2 aromatic carbocycles. The Kier molecular flexibility index (Phi) is 9.27. The SMILES string of the molecule is COc1ccc2c3c1OC1C(=O)CCC4C(C2)[N+](C)(Cc2ccc(OC(=O)N(C)CCNC(=O)[C@@H](N)CC(N)=O)cc2)CCC314.[Cl-]. The van der Waals surface area contributed by atoms with Gasteiger partial charge in [0.25, 0.3) is 0 Å². The van der Waals surface area contributed by atoms with Crippen LogP contribution in [0.2, 0.25) is 0 Å². The van der Waals surface area contributed by atoms with Crippen molar-refractivity contribution in [3.63, 3.8) is 0 Å². The number of halogens is 1. The normalized spacial score (nSPS) is 27.3. The summed E-state index contributed by atoms with van der Waals surface area (Å²) >= 11 is 0. The number of carbonyl (C=O) groups is 4. The lowest BCUT2D eigenvalue weighted by Gasteiger charge is -2.60. The van der Waals surface area contributed by atoms with Crippen LogP contribution in [0.5, 0.6) is 17.2 Å². The van der Waals surface area contributed by atoms with E-state index in [4.69, 9.17) is 25.7 Å². The summed E-state index contributed by atoms with van der Waals surface area (Å²) in [5, 5.41) is 2.59. The van der Waals surface area contributed by atoms with Gasteiger partial charge in [-0.2, -0.15) is 0 Å². The molecular weight excluding hydrogens is 614 g/mol. The number of methoxy groups -OCH3 is 1. The molecule has 1 saturated carbocycles. The molecule has 1 saturated heterocycles. The van der Waals surface area contributed by atoms with Gasteiger partial charge in [0.05, 0.1) is 44.6 Å². The lowest BCUT2D eigenvalue weighted by molar-refractivity contribution is -0.957. The third-order valence-corrected chi connectivity index (χ3v) is 10.5. The van der Waals surface area contributed by atoms with Crippen molar-refractivity contribution in [1.29, 1.82) is 0 Å². The van der Waals surface area contributed by atoms with Crippen LogP contribution in [0.1, 0.15) is 42.4 Å². The van der Waals surface area contributed by atoms with Crippen molar-refractivity contribution in [2.75, 3.05) is 40.8 Å². The molecule has 46 heavy (non-hydrogen) atoms. The van der Waals surface area contributed by atoms with Gasteiger partial charge >= 0.3 is 6.09 Å². The van der Waals surface area contributed by atoms with Gasteiger partial charge in [-0.15, -0.1) is 0 Å². The first-order chi connectivity index (χ1) is 21.5. The van der Waals surface area contributed by atoms with Crippen LogP contribution in [0.15, 0.2) is 36.4 Å². The number of rotatable bonds is 10. The van der Waals surface area contributed by atoms with Gasteiger partial charge in [-0.3, -0.25) is 14.4 Å². The number of quaternary nitrogens is 1. The first-order valence-electron chi connectivity index (χ1n) is 15.5. The molecule has 2 bridgehead atoms. The predicted molar refractivity (Wildman–Crippen MR) is 164 cm³/mol. The molecule has 2 fully saturated rings. The highest BCUT2D eigenvalue weighted by Gasteiger charge is 2.69. The summed E-state index contributed by atoms with van der Waals surface area (Å²) in [6.45, 7) is 2.09. The van der Waals surface area contributed by atoms with Crippen molar-refractivity contribution in [2.45, 2.75) is 62.3 Å². The maximum atomic E-state index is 13.2. The minimum Gasteiger partial charge on any atom is -1.00 e. The van der Waals surface area contributed by atoms with Crippen LogP contribution in [0.25, 0.3) is 0 Å². The Morgan fingerprint density at radius 1 is 1.20 bits per heavy atom.